The summed E-state index contributed by atoms with van der Waals surface area (Å²) in [6.07, 6.45) is 2.16. The summed E-state index contributed by atoms with van der Waals surface area (Å²) in [6.45, 7) is 6.41. The third kappa shape index (κ3) is 4.13. The highest BCUT2D eigenvalue weighted by Gasteiger charge is 2.27. The minimum atomic E-state index is -0.417. The third-order valence-corrected chi connectivity index (χ3v) is 5.40. The van der Waals surface area contributed by atoms with Gasteiger partial charge >= 0.3 is 0 Å². The number of para-hydroxylation sites is 1. The molecule has 0 aromatic heterocycles. The normalized spacial score (nSPS) is 14.3. The summed E-state index contributed by atoms with van der Waals surface area (Å²) >= 11 is 0. The second-order valence-electron chi connectivity index (χ2n) is 8.25. The van der Waals surface area contributed by atoms with Crippen LogP contribution in [0.4, 0.5) is 14.5 Å². The first kappa shape index (κ1) is 20.9. The fourth-order valence-electron chi connectivity index (χ4n) is 4.20. The van der Waals surface area contributed by atoms with Gasteiger partial charge < -0.3 is 14.8 Å². The Morgan fingerprint density at radius 3 is 2.42 bits per heavy atom. The van der Waals surface area contributed by atoms with Crippen molar-refractivity contribution in [3.8, 4) is 22.6 Å². The van der Waals surface area contributed by atoms with Crippen molar-refractivity contribution in [2.75, 3.05) is 12.4 Å². The molecule has 0 aliphatic carbocycles. The molecular formula is C26H25F2NO2. The van der Waals surface area contributed by atoms with Crippen molar-refractivity contribution in [2.24, 2.45) is 0 Å². The van der Waals surface area contributed by atoms with Gasteiger partial charge in [-0.3, -0.25) is 0 Å². The second kappa shape index (κ2) is 8.06. The molecule has 3 aromatic carbocycles. The molecule has 3 aromatic rings. The largest absolute Gasteiger partial charge is 0.496 e. The Balaban J connectivity index is 1.88. The SMILES string of the molecule is COc1cc(F)ccc1-c1ccc2c(c1COc1ccccc1F)C(C)=CC(C)(C)N2. The molecular weight excluding hydrogens is 396 g/mol. The van der Waals surface area contributed by atoms with Crippen LogP contribution < -0.4 is 14.8 Å². The van der Waals surface area contributed by atoms with E-state index < -0.39 is 5.82 Å². The highest BCUT2D eigenvalue weighted by atomic mass is 19.1. The van der Waals surface area contributed by atoms with Crippen LogP contribution in [0.5, 0.6) is 11.5 Å². The van der Waals surface area contributed by atoms with Crippen LogP contribution in [-0.4, -0.2) is 12.6 Å². The summed E-state index contributed by atoms with van der Waals surface area (Å²) in [5.41, 5.74) is 5.34. The number of ether oxygens (including phenoxy) is 2. The molecule has 0 unspecified atom stereocenters. The van der Waals surface area contributed by atoms with Gasteiger partial charge in [0.2, 0.25) is 0 Å². The van der Waals surface area contributed by atoms with Crippen LogP contribution in [0.2, 0.25) is 0 Å². The van der Waals surface area contributed by atoms with Crippen molar-refractivity contribution in [1.29, 1.82) is 0 Å². The molecule has 1 heterocycles. The van der Waals surface area contributed by atoms with E-state index in [2.05, 4.69) is 32.2 Å². The molecule has 160 valence electrons. The van der Waals surface area contributed by atoms with Gasteiger partial charge in [-0.05, 0) is 62.2 Å². The molecule has 1 N–H and O–H groups in total. The first-order chi connectivity index (χ1) is 14.8. The Labute approximate surface area is 181 Å². The number of hydrogen-bond acceptors (Lipinski definition) is 3. The highest BCUT2D eigenvalue weighted by Crippen LogP contribution is 2.42. The van der Waals surface area contributed by atoms with E-state index >= 15 is 0 Å². The molecule has 0 saturated heterocycles. The zero-order chi connectivity index (χ0) is 22.2. The number of hydrogen-bond donors (Lipinski definition) is 1. The van der Waals surface area contributed by atoms with Crippen LogP contribution >= 0.6 is 0 Å². The number of nitrogens with one attached hydrogen (secondary N) is 1. The van der Waals surface area contributed by atoms with E-state index in [1.807, 2.05) is 12.1 Å². The lowest BCUT2D eigenvalue weighted by molar-refractivity contribution is 0.290. The third-order valence-electron chi connectivity index (χ3n) is 5.40. The lowest BCUT2D eigenvalue weighted by Crippen LogP contribution is -2.32. The molecule has 0 radical (unpaired) electrons. The Kier molecular flexibility index (Phi) is 5.44. The molecule has 3 nitrogen and oxygen atoms in total. The van der Waals surface area contributed by atoms with E-state index in [9.17, 15) is 8.78 Å². The number of allylic oxidation sites excluding steroid dienone is 1. The van der Waals surface area contributed by atoms with Gasteiger partial charge in [0.05, 0.1) is 12.6 Å². The minimum Gasteiger partial charge on any atom is -0.496 e. The van der Waals surface area contributed by atoms with Crippen molar-refractivity contribution < 1.29 is 18.3 Å². The van der Waals surface area contributed by atoms with E-state index in [0.29, 0.717) is 5.75 Å². The minimum absolute atomic E-state index is 0.146. The number of fused-ring (bicyclic) bond motifs is 1. The van der Waals surface area contributed by atoms with E-state index in [0.717, 1.165) is 33.5 Å². The van der Waals surface area contributed by atoms with E-state index in [-0.39, 0.29) is 23.7 Å². The molecule has 0 saturated carbocycles. The predicted octanol–water partition coefficient (Wildman–Crippen LogP) is 6.83. The van der Waals surface area contributed by atoms with Gasteiger partial charge in [-0.1, -0.05) is 24.3 Å². The lowest BCUT2D eigenvalue weighted by atomic mass is 9.85. The summed E-state index contributed by atoms with van der Waals surface area (Å²) in [6, 6.07) is 14.8. The van der Waals surface area contributed by atoms with Gasteiger partial charge in [0.1, 0.15) is 18.2 Å². The molecule has 0 bridgehead atoms. The van der Waals surface area contributed by atoms with Gasteiger partial charge in [0.15, 0.2) is 11.6 Å². The van der Waals surface area contributed by atoms with Crippen LogP contribution in [0.3, 0.4) is 0 Å². The van der Waals surface area contributed by atoms with Crippen molar-refractivity contribution >= 4 is 11.3 Å². The van der Waals surface area contributed by atoms with Crippen LogP contribution in [0.1, 0.15) is 31.9 Å². The monoisotopic (exact) mass is 421 g/mol. The van der Waals surface area contributed by atoms with Gasteiger partial charge in [-0.25, -0.2) is 8.78 Å². The van der Waals surface area contributed by atoms with Crippen molar-refractivity contribution in [2.45, 2.75) is 32.9 Å². The second-order valence-corrected chi connectivity index (χ2v) is 8.25. The number of rotatable bonds is 5. The standard InChI is InChI=1S/C26H25F2NO2/c1-16-14-26(2,3)29-22-12-11-18(19-10-9-17(27)13-24(19)30-4)20(25(16)22)15-31-23-8-6-5-7-21(23)28/h5-14,29H,15H2,1-4H3. The number of methoxy groups -OCH3 is 1. The van der Waals surface area contributed by atoms with Crippen LogP contribution in [0, 0.1) is 11.6 Å². The fraction of sp³-hybridized carbons (Fsp3) is 0.231. The summed E-state index contributed by atoms with van der Waals surface area (Å²) in [7, 11) is 1.52. The zero-order valence-electron chi connectivity index (χ0n) is 18.1. The molecule has 5 heteroatoms. The van der Waals surface area contributed by atoms with Crippen LogP contribution in [0.25, 0.3) is 16.7 Å². The smallest absolute Gasteiger partial charge is 0.165 e. The van der Waals surface area contributed by atoms with Crippen molar-refractivity contribution in [1.82, 2.24) is 0 Å². The highest BCUT2D eigenvalue weighted by molar-refractivity contribution is 5.88. The summed E-state index contributed by atoms with van der Waals surface area (Å²) in [4.78, 5) is 0. The molecule has 1 aliphatic heterocycles. The van der Waals surface area contributed by atoms with Crippen molar-refractivity contribution in [3.05, 3.63) is 83.4 Å². The topological polar surface area (TPSA) is 30.5 Å². The van der Waals surface area contributed by atoms with Crippen LogP contribution in [-0.2, 0) is 6.61 Å². The summed E-state index contributed by atoms with van der Waals surface area (Å²) < 4.78 is 39.4. The number of halogens is 2. The van der Waals surface area contributed by atoms with E-state index in [4.69, 9.17) is 9.47 Å². The first-order valence-corrected chi connectivity index (χ1v) is 10.1. The maximum atomic E-state index is 14.2. The van der Waals surface area contributed by atoms with Gasteiger partial charge in [-0.15, -0.1) is 0 Å². The van der Waals surface area contributed by atoms with E-state index in [1.54, 1.807) is 24.3 Å². The molecule has 0 fully saturated rings. The van der Waals surface area contributed by atoms with Gasteiger partial charge in [0.25, 0.3) is 0 Å². The van der Waals surface area contributed by atoms with E-state index in [1.165, 1.54) is 25.3 Å². The first-order valence-electron chi connectivity index (χ1n) is 10.1. The van der Waals surface area contributed by atoms with Gasteiger partial charge in [0, 0.05) is 28.4 Å². The quantitative estimate of drug-likeness (QED) is 0.490. The Bertz CT molecular complexity index is 1170. The Morgan fingerprint density at radius 2 is 1.68 bits per heavy atom. The maximum Gasteiger partial charge on any atom is 0.165 e. The average molecular weight is 421 g/mol. The molecule has 4 rings (SSSR count). The summed E-state index contributed by atoms with van der Waals surface area (Å²) in [5, 5.41) is 3.54. The maximum absolute atomic E-state index is 14.2. The fourth-order valence-corrected chi connectivity index (χ4v) is 4.20. The lowest BCUT2D eigenvalue weighted by Gasteiger charge is -2.33. The van der Waals surface area contributed by atoms with Crippen LogP contribution in [0.15, 0.2) is 60.7 Å². The Hall–Kier alpha value is -3.34. The molecule has 1 aliphatic rings. The van der Waals surface area contributed by atoms with Gasteiger partial charge in [-0.2, -0.15) is 0 Å². The average Bonchev–Trinajstić information content (AvgIpc) is 2.72. The molecule has 31 heavy (non-hydrogen) atoms. The number of anilines is 1. The summed E-state index contributed by atoms with van der Waals surface area (Å²) in [5.74, 6) is -0.178. The zero-order valence-corrected chi connectivity index (χ0v) is 18.1. The molecule has 0 spiro atoms. The Morgan fingerprint density at radius 1 is 0.935 bits per heavy atom. The molecule has 0 amide bonds. The molecule has 0 atom stereocenters. The number of benzene rings is 3. The predicted molar refractivity (Wildman–Crippen MR) is 120 cm³/mol. The van der Waals surface area contributed by atoms with Crippen molar-refractivity contribution in [3.63, 3.8) is 0 Å².